The lowest BCUT2D eigenvalue weighted by molar-refractivity contribution is -0.148. The molecule has 0 heterocycles. The monoisotopic (exact) mass is 383 g/mol. The van der Waals surface area contributed by atoms with Crippen LogP contribution in [0.15, 0.2) is 54.6 Å². The number of rotatable bonds is 8. The Morgan fingerprint density at radius 1 is 1.07 bits per heavy atom. The van der Waals surface area contributed by atoms with Gasteiger partial charge in [0.2, 0.25) is 0 Å². The Kier molecular flexibility index (Phi) is 7.63. The van der Waals surface area contributed by atoms with Crippen molar-refractivity contribution in [1.82, 2.24) is 4.90 Å². The predicted molar refractivity (Wildman–Crippen MR) is 107 cm³/mol. The van der Waals surface area contributed by atoms with Crippen LogP contribution in [0.2, 0.25) is 0 Å². The SMILES string of the molecule is COc1ccc(/C=C/C(=O)OCC(=O)N(C)C(C)c2ccccc2)c(OC)c1. The summed E-state index contributed by atoms with van der Waals surface area (Å²) in [6.07, 6.45) is 2.83. The molecule has 1 unspecified atom stereocenters. The molecule has 2 aromatic rings. The normalized spacial score (nSPS) is 11.7. The second kappa shape index (κ2) is 10.2. The molecule has 0 saturated carbocycles. The standard InChI is InChI=1S/C22H25NO5/c1-16(17-8-6-5-7-9-17)23(2)21(24)15-28-22(25)13-11-18-10-12-19(26-3)14-20(18)27-4/h5-14,16H,15H2,1-4H3/b13-11+. The van der Waals surface area contributed by atoms with E-state index < -0.39 is 5.97 Å². The van der Waals surface area contributed by atoms with Crippen LogP contribution in [0.5, 0.6) is 11.5 Å². The van der Waals surface area contributed by atoms with Crippen molar-refractivity contribution in [3.63, 3.8) is 0 Å². The zero-order valence-electron chi connectivity index (χ0n) is 16.5. The number of esters is 1. The number of amides is 1. The molecule has 1 amide bonds. The van der Waals surface area contributed by atoms with Gasteiger partial charge >= 0.3 is 5.97 Å². The Hall–Kier alpha value is -3.28. The zero-order chi connectivity index (χ0) is 20.5. The molecule has 6 nitrogen and oxygen atoms in total. The Bertz CT molecular complexity index is 832. The summed E-state index contributed by atoms with van der Waals surface area (Å²) in [5.41, 5.74) is 1.71. The van der Waals surface area contributed by atoms with Crippen molar-refractivity contribution in [2.45, 2.75) is 13.0 Å². The van der Waals surface area contributed by atoms with Crippen molar-refractivity contribution in [2.24, 2.45) is 0 Å². The number of hydrogen-bond acceptors (Lipinski definition) is 5. The van der Waals surface area contributed by atoms with Gasteiger partial charge in [-0.1, -0.05) is 30.3 Å². The Balaban J connectivity index is 1.91. The Morgan fingerprint density at radius 2 is 1.79 bits per heavy atom. The van der Waals surface area contributed by atoms with Crippen LogP contribution in [0.25, 0.3) is 6.08 Å². The molecule has 0 aliphatic carbocycles. The Morgan fingerprint density at radius 3 is 2.43 bits per heavy atom. The minimum Gasteiger partial charge on any atom is -0.497 e. The minimum absolute atomic E-state index is 0.119. The second-order valence-corrected chi connectivity index (χ2v) is 6.14. The van der Waals surface area contributed by atoms with Gasteiger partial charge < -0.3 is 19.1 Å². The fourth-order valence-electron chi connectivity index (χ4n) is 2.57. The Labute approximate surface area is 165 Å². The third-order valence-electron chi connectivity index (χ3n) is 4.43. The van der Waals surface area contributed by atoms with E-state index in [0.717, 1.165) is 5.56 Å². The lowest BCUT2D eigenvalue weighted by Gasteiger charge is -2.25. The van der Waals surface area contributed by atoms with Gasteiger partial charge in [-0.3, -0.25) is 4.79 Å². The van der Waals surface area contributed by atoms with Crippen molar-refractivity contribution < 1.29 is 23.8 Å². The van der Waals surface area contributed by atoms with Crippen molar-refractivity contribution >= 4 is 18.0 Å². The fraction of sp³-hybridized carbons (Fsp3) is 0.273. The number of likely N-dealkylation sites (N-methyl/N-ethyl adjacent to an activating group) is 1. The van der Waals surface area contributed by atoms with Crippen LogP contribution >= 0.6 is 0 Å². The number of methoxy groups -OCH3 is 2. The van der Waals surface area contributed by atoms with E-state index in [-0.39, 0.29) is 18.6 Å². The molecule has 0 radical (unpaired) electrons. The molecule has 2 rings (SSSR count). The molecule has 6 heteroatoms. The summed E-state index contributed by atoms with van der Waals surface area (Å²) in [5.74, 6) is 0.334. The number of hydrogen-bond donors (Lipinski definition) is 0. The molecule has 0 aliphatic heterocycles. The number of benzene rings is 2. The van der Waals surface area contributed by atoms with Gasteiger partial charge in [-0.2, -0.15) is 0 Å². The second-order valence-electron chi connectivity index (χ2n) is 6.14. The first-order chi connectivity index (χ1) is 13.5. The molecule has 0 spiro atoms. The quantitative estimate of drug-likeness (QED) is 0.516. The van der Waals surface area contributed by atoms with E-state index in [1.165, 1.54) is 13.2 Å². The molecule has 148 valence electrons. The van der Waals surface area contributed by atoms with E-state index >= 15 is 0 Å². The van der Waals surface area contributed by atoms with E-state index in [9.17, 15) is 9.59 Å². The van der Waals surface area contributed by atoms with Gasteiger partial charge in [0.25, 0.3) is 5.91 Å². The lowest BCUT2D eigenvalue weighted by atomic mass is 10.1. The smallest absolute Gasteiger partial charge is 0.331 e. The van der Waals surface area contributed by atoms with E-state index in [1.807, 2.05) is 37.3 Å². The highest BCUT2D eigenvalue weighted by atomic mass is 16.5. The van der Waals surface area contributed by atoms with Crippen LogP contribution in [0.1, 0.15) is 24.1 Å². The van der Waals surface area contributed by atoms with E-state index in [2.05, 4.69) is 0 Å². The number of carbonyl (C=O) groups excluding carboxylic acids is 2. The molecular formula is C22H25NO5. The topological polar surface area (TPSA) is 65.1 Å². The average Bonchev–Trinajstić information content (AvgIpc) is 2.75. The maximum atomic E-state index is 12.3. The van der Waals surface area contributed by atoms with Crippen LogP contribution in [-0.2, 0) is 14.3 Å². The number of nitrogens with zero attached hydrogens (tertiary/aromatic N) is 1. The predicted octanol–water partition coefficient (Wildman–Crippen LogP) is 3.48. The van der Waals surface area contributed by atoms with Gasteiger partial charge in [0.15, 0.2) is 6.61 Å². The van der Waals surface area contributed by atoms with Crippen LogP contribution < -0.4 is 9.47 Å². The summed E-state index contributed by atoms with van der Waals surface area (Å²) in [5, 5.41) is 0. The molecule has 0 bridgehead atoms. The maximum Gasteiger partial charge on any atom is 0.331 e. The molecule has 0 fully saturated rings. The summed E-state index contributed by atoms with van der Waals surface area (Å²) in [6, 6.07) is 14.8. The van der Waals surface area contributed by atoms with Gasteiger partial charge in [-0.05, 0) is 30.7 Å². The molecular weight excluding hydrogens is 358 g/mol. The first-order valence-corrected chi connectivity index (χ1v) is 8.83. The third kappa shape index (κ3) is 5.61. The van der Waals surface area contributed by atoms with Crippen LogP contribution in [-0.4, -0.2) is 44.7 Å². The largest absolute Gasteiger partial charge is 0.497 e. The summed E-state index contributed by atoms with van der Waals surface area (Å²) >= 11 is 0. The molecule has 0 aliphatic rings. The van der Waals surface area contributed by atoms with Crippen molar-refractivity contribution in [3.8, 4) is 11.5 Å². The molecule has 2 aromatic carbocycles. The molecule has 0 N–H and O–H groups in total. The minimum atomic E-state index is -0.605. The van der Waals surface area contributed by atoms with E-state index in [0.29, 0.717) is 17.1 Å². The number of carbonyl (C=O) groups is 2. The molecule has 28 heavy (non-hydrogen) atoms. The summed E-state index contributed by atoms with van der Waals surface area (Å²) in [4.78, 5) is 25.8. The van der Waals surface area contributed by atoms with Crippen LogP contribution in [0.4, 0.5) is 0 Å². The molecule has 0 aromatic heterocycles. The fourth-order valence-corrected chi connectivity index (χ4v) is 2.57. The lowest BCUT2D eigenvalue weighted by Crippen LogP contribution is -2.33. The van der Waals surface area contributed by atoms with Gasteiger partial charge in [0.05, 0.1) is 20.3 Å². The molecule has 0 saturated heterocycles. The van der Waals surface area contributed by atoms with E-state index in [4.69, 9.17) is 14.2 Å². The van der Waals surface area contributed by atoms with Gasteiger partial charge in [-0.25, -0.2) is 4.79 Å². The van der Waals surface area contributed by atoms with Crippen molar-refractivity contribution in [3.05, 3.63) is 65.7 Å². The number of ether oxygens (including phenoxy) is 3. The zero-order valence-corrected chi connectivity index (χ0v) is 16.5. The van der Waals surface area contributed by atoms with Crippen molar-refractivity contribution in [1.29, 1.82) is 0 Å². The first kappa shape index (κ1) is 21.0. The average molecular weight is 383 g/mol. The van der Waals surface area contributed by atoms with E-state index in [1.54, 1.807) is 43.3 Å². The highest BCUT2D eigenvalue weighted by molar-refractivity contribution is 5.89. The summed E-state index contributed by atoms with van der Waals surface area (Å²) in [7, 11) is 4.78. The highest BCUT2D eigenvalue weighted by Crippen LogP contribution is 2.25. The first-order valence-electron chi connectivity index (χ1n) is 8.83. The maximum absolute atomic E-state index is 12.3. The highest BCUT2D eigenvalue weighted by Gasteiger charge is 2.18. The van der Waals surface area contributed by atoms with Gasteiger partial charge in [-0.15, -0.1) is 0 Å². The summed E-state index contributed by atoms with van der Waals surface area (Å²) in [6.45, 7) is 1.60. The van der Waals surface area contributed by atoms with Crippen LogP contribution in [0, 0.1) is 0 Å². The molecule has 1 atom stereocenters. The van der Waals surface area contributed by atoms with Gasteiger partial charge in [0.1, 0.15) is 11.5 Å². The van der Waals surface area contributed by atoms with Crippen molar-refractivity contribution in [2.75, 3.05) is 27.9 Å². The third-order valence-corrected chi connectivity index (χ3v) is 4.43. The van der Waals surface area contributed by atoms with Crippen LogP contribution in [0.3, 0.4) is 0 Å². The van der Waals surface area contributed by atoms with Gasteiger partial charge in [0, 0.05) is 24.8 Å². The summed E-state index contributed by atoms with van der Waals surface area (Å²) < 4.78 is 15.5.